The molecular weight excluding hydrogens is 414 g/mol. The van der Waals surface area contributed by atoms with Crippen molar-refractivity contribution in [2.75, 3.05) is 32.8 Å². The Labute approximate surface area is 188 Å². The highest BCUT2D eigenvalue weighted by molar-refractivity contribution is 7.80. The Morgan fingerprint density at radius 3 is 2.48 bits per heavy atom. The summed E-state index contributed by atoms with van der Waals surface area (Å²) in [4.78, 5) is 16.6. The number of hydrogen-bond acceptors (Lipinski definition) is 5. The van der Waals surface area contributed by atoms with Gasteiger partial charge in [-0.15, -0.1) is 0 Å². The average molecular weight is 444 g/mol. The van der Waals surface area contributed by atoms with E-state index in [-0.39, 0.29) is 12.5 Å². The first kappa shape index (κ1) is 21.8. The molecule has 8 heteroatoms. The quantitative estimate of drug-likeness (QED) is 0.689. The summed E-state index contributed by atoms with van der Waals surface area (Å²) in [6.07, 6.45) is 3.07. The van der Waals surface area contributed by atoms with Crippen LogP contribution >= 0.6 is 12.2 Å². The Bertz CT molecular complexity index is 869. The Morgan fingerprint density at radius 1 is 1.13 bits per heavy atom. The first-order valence-electron chi connectivity index (χ1n) is 10.7. The van der Waals surface area contributed by atoms with E-state index in [9.17, 15) is 4.79 Å². The van der Waals surface area contributed by atoms with Gasteiger partial charge in [-0.3, -0.25) is 4.79 Å². The van der Waals surface area contributed by atoms with E-state index < -0.39 is 5.79 Å². The molecule has 166 valence electrons. The van der Waals surface area contributed by atoms with Crippen molar-refractivity contribution in [3.05, 3.63) is 59.5 Å². The summed E-state index contributed by atoms with van der Waals surface area (Å²) in [7, 11) is 0. The second kappa shape index (κ2) is 9.80. The lowest BCUT2D eigenvalue weighted by Gasteiger charge is -2.37. The number of ether oxygens (including phenoxy) is 2. The van der Waals surface area contributed by atoms with E-state index >= 15 is 0 Å². The van der Waals surface area contributed by atoms with Crippen molar-refractivity contribution in [2.45, 2.75) is 38.6 Å². The number of nitrogens with zero attached hydrogens (tertiary/aromatic N) is 2. The number of benzene rings is 1. The van der Waals surface area contributed by atoms with Gasteiger partial charge in [0, 0.05) is 32.5 Å². The van der Waals surface area contributed by atoms with Crippen LogP contribution in [0, 0.1) is 6.92 Å². The highest BCUT2D eigenvalue weighted by Gasteiger charge is 2.40. The minimum atomic E-state index is -0.479. The number of carbonyl (C=O) groups excluding carboxylic acids is 1. The fourth-order valence-electron chi connectivity index (χ4n) is 3.96. The summed E-state index contributed by atoms with van der Waals surface area (Å²) in [6, 6.07) is 12.1. The summed E-state index contributed by atoms with van der Waals surface area (Å²) >= 11 is 5.64. The fourth-order valence-corrected chi connectivity index (χ4v) is 4.16. The number of aryl methyl sites for hydroxylation is 1. The molecule has 1 spiro atoms. The van der Waals surface area contributed by atoms with Crippen LogP contribution in [-0.2, 0) is 27.4 Å². The van der Waals surface area contributed by atoms with E-state index in [1.807, 2.05) is 21.9 Å². The molecule has 0 radical (unpaired) electrons. The molecule has 1 amide bonds. The lowest BCUT2D eigenvalue weighted by Crippen LogP contribution is -2.50. The van der Waals surface area contributed by atoms with E-state index in [0.29, 0.717) is 57.3 Å². The van der Waals surface area contributed by atoms with Gasteiger partial charge in [0.15, 0.2) is 10.9 Å². The minimum absolute atomic E-state index is 0.0310. The van der Waals surface area contributed by atoms with Crippen LogP contribution in [0.15, 0.2) is 47.1 Å². The predicted molar refractivity (Wildman–Crippen MR) is 120 cm³/mol. The molecule has 0 bridgehead atoms. The maximum Gasteiger partial charge on any atom is 0.241 e. The van der Waals surface area contributed by atoms with Gasteiger partial charge >= 0.3 is 0 Å². The van der Waals surface area contributed by atoms with Crippen LogP contribution in [-0.4, -0.2) is 59.5 Å². The van der Waals surface area contributed by atoms with Crippen molar-refractivity contribution in [3.63, 3.8) is 0 Å². The maximum atomic E-state index is 12.7. The third kappa shape index (κ3) is 5.64. The van der Waals surface area contributed by atoms with Crippen LogP contribution in [0.1, 0.15) is 29.7 Å². The van der Waals surface area contributed by atoms with Gasteiger partial charge in [0.25, 0.3) is 0 Å². The van der Waals surface area contributed by atoms with Crippen LogP contribution < -0.4 is 5.32 Å². The number of carbonyl (C=O) groups is 1. The van der Waals surface area contributed by atoms with Gasteiger partial charge in [-0.05, 0) is 36.8 Å². The first-order valence-corrected chi connectivity index (χ1v) is 11.1. The predicted octanol–water partition coefficient (Wildman–Crippen LogP) is 2.83. The Morgan fingerprint density at radius 2 is 1.84 bits per heavy atom. The zero-order valence-electron chi connectivity index (χ0n) is 17.8. The van der Waals surface area contributed by atoms with E-state index in [1.165, 1.54) is 5.56 Å². The van der Waals surface area contributed by atoms with Gasteiger partial charge in [0.2, 0.25) is 5.91 Å². The average Bonchev–Trinajstić information content (AvgIpc) is 3.46. The van der Waals surface area contributed by atoms with Crippen LogP contribution in [0.25, 0.3) is 0 Å². The number of likely N-dealkylation sites (tertiary alicyclic amines) is 1. The third-order valence-corrected chi connectivity index (χ3v) is 6.19. The number of rotatable bonds is 6. The normalized spacial score (nSPS) is 17.6. The maximum absolute atomic E-state index is 12.7. The van der Waals surface area contributed by atoms with Gasteiger partial charge < -0.3 is 29.0 Å². The molecule has 3 heterocycles. The zero-order chi connectivity index (χ0) is 21.7. The molecule has 2 fully saturated rings. The number of piperidine rings is 1. The van der Waals surface area contributed by atoms with Crippen LogP contribution in [0.3, 0.4) is 0 Å². The van der Waals surface area contributed by atoms with E-state index in [1.54, 1.807) is 6.26 Å². The van der Waals surface area contributed by atoms with Gasteiger partial charge in [-0.1, -0.05) is 29.8 Å². The van der Waals surface area contributed by atoms with Crippen molar-refractivity contribution in [2.24, 2.45) is 0 Å². The molecule has 2 saturated heterocycles. The molecule has 31 heavy (non-hydrogen) atoms. The Kier molecular flexibility index (Phi) is 6.89. The fraction of sp³-hybridized carbons (Fsp3) is 0.478. The number of nitrogens with one attached hydrogen (secondary N) is 1. The molecule has 1 aromatic heterocycles. The molecule has 1 aromatic carbocycles. The SMILES string of the molecule is Cc1ccc(CN(Cc2ccco2)C(=S)NCC(=O)N2CCC3(CC2)OCCO3)cc1. The van der Waals surface area contributed by atoms with Crippen molar-refractivity contribution >= 4 is 23.2 Å². The van der Waals surface area contributed by atoms with Gasteiger partial charge in [-0.25, -0.2) is 0 Å². The molecule has 4 rings (SSSR count). The Hall–Kier alpha value is -2.42. The molecule has 7 nitrogen and oxygen atoms in total. The van der Waals surface area contributed by atoms with Gasteiger partial charge in [0.05, 0.1) is 32.6 Å². The molecule has 2 aliphatic heterocycles. The lowest BCUT2D eigenvalue weighted by molar-refractivity contribution is -0.187. The monoisotopic (exact) mass is 443 g/mol. The lowest BCUT2D eigenvalue weighted by atomic mass is 10.0. The molecule has 2 aliphatic rings. The molecule has 0 aliphatic carbocycles. The smallest absolute Gasteiger partial charge is 0.241 e. The highest BCUT2D eigenvalue weighted by Crippen LogP contribution is 2.31. The Balaban J connectivity index is 1.32. The van der Waals surface area contributed by atoms with E-state index in [4.69, 9.17) is 26.1 Å². The highest BCUT2D eigenvalue weighted by atomic mass is 32.1. The van der Waals surface area contributed by atoms with Gasteiger partial charge in [0.1, 0.15) is 5.76 Å². The second-order valence-corrected chi connectivity index (χ2v) is 8.45. The standard InChI is InChI=1S/C23H29N3O4S/c1-18-4-6-19(7-5-18)16-26(17-20-3-2-12-28-20)22(31)24-15-21(27)25-10-8-23(9-11-25)29-13-14-30-23/h2-7,12H,8-11,13-17H2,1H3,(H,24,31). The summed E-state index contributed by atoms with van der Waals surface area (Å²) in [6.45, 7) is 5.92. The topological polar surface area (TPSA) is 67.2 Å². The number of furan rings is 1. The van der Waals surface area contributed by atoms with Crippen LogP contribution in [0.5, 0.6) is 0 Å². The van der Waals surface area contributed by atoms with Crippen molar-refractivity contribution in [1.29, 1.82) is 0 Å². The second-order valence-electron chi connectivity index (χ2n) is 8.07. The van der Waals surface area contributed by atoms with E-state index in [2.05, 4.69) is 36.5 Å². The van der Waals surface area contributed by atoms with Crippen LogP contribution in [0.4, 0.5) is 0 Å². The van der Waals surface area contributed by atoms with Crippen molar-refractivity contribution < 1.29 is 18.7 Å². The van der Waals surface area contributed by atoms with Crippen molar-refractivity contribution in [1.82, 2.24) is 15.1 Å². The summed E-state index contributed by atoms with van der Waals surface area (Å²) in [5.41, 5.74) is 2.36. The molecule has 0 atom stereocenters. The van der Waals surface area contributed by atoms with Gasteiger partial charge in [-0.2, -0.15) is 0 Å². The number of hydrogen-bond donors (Lipinski definition) is 1. The largest absolute Gasteiger partial charge is 0.467 e. The zero-order valence-corrected chi connectivity index (χ0v) is 18.7. The van der Waals surface area contributed by atoms with Crippen LogP contribution in [0.2, 0.25) is 0 Å². The molecular formula is C23H29N3O4S. The number of thiocarbonyl (C=S) groups is 1. The molecule has 1 N–H and O–H groups in total. The number of amides is 1. The first-order chi connectivity index (χ1) is 15.0. The van der Waals surface area contributed by atoms with E-state index in [0.717, 1.165) is 11.3 Å². The minimum Gasteiger partial charge on any atom is -0.467 e. The molecule has 2 aromatic rings. The molecule has 0 saturated carbocycles. The molecule has 0 unspecified atom stereocenters. The summed E-state index contributed by atoms with van der Waals surface area (Å²) in [5, 5.41) is 3.68. The third-order valence-electron chi connectivity index (χ3n) is 5.79. The van der Waals surface area contributed by atoms with Crippen molar-refractivity contribution in [3.8, 4) is 0 Å². The summed E-state index contributed by atoms with van der Waals surface area (Å²) < 4.78 is 17.0. The summed E-state index contributed by atoms with van der Waals surface area (Å²) in [5.74, 6) is 0.372.